The minimum absolute atomic E-state index is 0. The van der Waals surface area contributed by atoms with E-state index in [0.29, 0.717) is 12.5 Å². The second-order valence-electron chi connectivity index (χ2n) is 5.58. The standard InChI is InChI=1S/C16H22N6.HI/c17-16(21-9-3-1-2-4-10-21)19-11-14-5-7-15(8-6-14)22-13-18-12-20-22;/h5-8,12-13H,1-4,9-11H2,(H2,17,19);1H. The highest BCUT2D eigenvalue weighted by Crippen LogP contribution is 2.11. The van der Waals surface area contributed by atoms with Gasteiger partial charge in [0.25, 0.3) is 0 Å². The Morgan fingerprint density at radius 1 is 1.09 bits per heavy atom. The van der Waals surface area contributed by atoms with Crippen molar-refractivity contribution >= 4 is 29.9 Å². The van der Waals surface area contributed by atoms with Gasteiger partial charge in [0, 0.05) is 13.1 Å². The van der Waals surface area contributed by atoms with E-state index in [1.807, 2.05) is 12.1 Å². The molecular weight excluding hydrogens is 403 g/mol. The van der Waals surface area contributed by atoms with Gasteiger partial charge in [0.15, 0.2) is 5.96 Å². The molecule has 1 saturated heterocycles. The smallest absolute Gasteiger partial charge is 0.191 e. The third-order valence-electron chi connectivity index (χ3n) is 3.97. The first kappa shape index (κ1) is 17.7. The van der Waals surface area contributed by atoms with E-state index in [2.05, 4.69) is 32.1 Å². The lowest BCUT2D eigenvalue weighted by Crippen LogP contribution is -2.38. The van der Waals surface area contributed by atoms with Gasteiger partial charge < -0.3 is 10.6 Å². The zero-order valence-electron chi connectivity index (χ0n) is 13.1. The first-order valence-corrected chi connectivity index (χ1v) is 7.82. The first-order valence-electron chi connectivity index (χ1n) is 7.82. The minimum atomic E-state index is 0. The molecule has 1 aromatic heterocycles. The third kappa shape index (κ3) is 4.92. The Morgan fingerprint density at radius 2 is 1.78 bits per heavy atom. The van der Waals surface area contributed by atoms with Crippen LogP contribution in [-0.2, 0) is 6.54 Å². The molecule has 0 spiro atoms. The number of likely N-dealkylation sites (tertiary alicyclic amines) is 1. The normalized spacial score (nSPS) is 15.8. The summed E-state index contributed by atoms with van der Waals surface area (Å²) in [5.41, 5.74) is 8.26. The van der Waals surface area contributed by atoms with E-state index in [0.717, 1.165) is 24.3 Å². The van der Waals surface area contributed by atoms with Gasteiger partial charge >= 0.3 is 0 Å². The Labute approximate surface area is 153 Å². The van der Waals surface area contributed by atoms with Crippen molar-refractivity contribution < 1.29 is 0 Å². The summed E-state index contributed by atoms with van der Waals surface area (Å²) in [6.07, 6.45) is 8.23. The highest BCUT2D eigenvalue weighted by Gasteiger charge is 2.10. The molecule has 1 aliphatic heterocycles. The van der Waals surface area contributed by atoms with Crippen LogP contribution in [0.4, 0.5) is 0 Å². The quantitative estimate of drug-likeness (QED) is 0.465. The van der Waals surface area contributed by atoms with Crippen molar-refractivity contribution in [3.8, 4) is 5.69 Å². The summed E-state index contributed by atoms with van der Waals surface area (Å²) >= 11 is 0. The molecule has 0 atom stereocenters. The van der Waals surface area contributed by atoms with Crippen LogP contribution in [0.15, 0.2) is 41.9 Å². The summed E-state index contributed by atoms with van der Waals surface area (Å²) < 4.78 is 1.73. The number of rotatable bonds is 3. The van der Waals surface area contributed by atoms with Crippen LogP contribution in [0.1, 0.15) is 31.2 Å². The van der Waals surface area contributed by atoms with Crippen LogP contribution in [0, 0.1) is 0 Å². The molecule has 3 rings (SSSR count). The predicted molar refractivity (Wildman–Crippen MR) is 102 cm³/mol. The molecule has 1 aliphatic rings. The van der Waals surface area contributed by atoms with E-state index in [9.17, 15) is 0 Å². The number of aliphatic imine (C=N–C) groups is 1. The fourth-order valence-electron chi connectivity index (χ4n) is 2.67. The number of hydrogen-bond donors (Lipinski definition) is 1. The van der Waals surface area contributed by atoms with Crippen LogP contribution in [-0.4, -0.2) is 38.7 Å². The van der Waals surface area contributed by atoms with Gasteiger partial charge in [-0.1, -0.05) is 25.0 Å². The summed E-state index contributed by atoms with van der Waals surface area (Å²) in [6.45, 7) is 2.67. The van der Waals surface area contributed by atoms with Crippen LogP contribution in [0.5, 0.6) is 0 Å². The van der Waals surface area contributed by atoms with E-state index in [1.165, 1.54) is 32.0 Å². The highest BCUT2D eigenvalue weighted by atomic mass is 127. The zero-order valence-corrected chi connectivity index (χ0v) is 15.5. The molecule has 0 aliphatic carbocycles. The highest BCUT2D eigenvalue weighted by molar-refractivity contribution is 14.0. The summed E-state index contributed by atoms with van der Waals surface area (Å²) in [5.74, 6) is 0.669. The molecule has 2 N–H and O–H groups in total. The first-order chi connectivity index (χ1) is 10.8. The van der Waals surface area contributed by atoms with Gasteiger partial charge in [-0.3, -0.25) is 0 Å². The second-order valence-corrected chi connectivity index (χ2v) is 5.58. The zero-order chi connectivity index (χ0) is 15.2. The molecule has 7 heteroatoms. The SMILES string of the molecule is I.NC(=NCc1ccc(-n2cncn2)cc1)N1CCCCCC1. The second kappa shape index (κ2) is 8.85. The molecule has 0 saturated carbocycles. The fourth-order valence-corrected chi connectivity index (χ4v) is 2.67. The number of nitrogens with two attached hydrogens (primary N) is 1. The van der Waals surface area contributed by atoms with E-state index >= 15 is 0 Å². The van der Waals surface area contributed by atoms with E-state index < -0.39 is 0 Å². The summed E-state index contributed by atoms with van der Waals surface area (Å²) in [4.78, 5) is 10.7. The van der Waals surface area contributed by atoms with Crippen LogP contribution >= 0.6 is 24.0 Å². The topological polar surface area (TPSA) is 72.3 Å². The average Bonchev–Trinajstić information content (AvgIpc) is 2.95. The third-order valence-corrected chi connectivity index (χ3v) is 3.97. The molecule has 0 unspecified atom stereocenters. The van der Waals surface area contributed by atoms with Crippen LogP contribution in [0.25, 0.3) is 5.69 Å². The van der Waals surface area contributed by atoms with Crippen LogP contribution in [0.2, 0.25) is 0 Å². The number of guanidine groups is 1. The molecule has 2 aromatic rings. The van der Waals surface area contributed by atoms with Gasteiger partial charge in [0.2, 0.25) is 0 Å². The van der Waals surface area contributed by atoms with Gasteiger partial charge in [0.1, 0.15) is 12.7 Å². The molecule has 0 bridgehead atoms. The maximum atomic E-state index is 6.13. The monoisotopic (exact) mass is 426 g/mol. The van der Waals surface area contributed by atoms with Crippen LogP contribution in [0.3, 0.4) is 0 Å². The number of benzene rings is 1. The van der Waals surface area contributed by atoms with E-state index in [-0.39, 0.29) is 24.0 Å². The molecule has 124 valence electrons. The van der Waals surface area contributed by atoms with Gasteiger partial charge in [-0.25, -0.2) is 14.7 Å². The molecule has 1 fully saturated rings. The molecular formula is C16H23IN6. The van der Waals surface area contributed by atoms with Crippen LogP contribution < -0.4 is 5.73 Å². The Balaban J connectivity index is 0.00000192. The van der Waals surface area contributed by atoms with Crippen molar-refractivity contribution in [1.29, 1.82) is 0 Å². The lowest BCUT2D eigenvalue weighted by molar-refractivity contribution is 0.428. The van der Waals surface area contributed by atoms with E-state index in [1.54, 1.807) is 11.0 Å². The van der Waals surface area contributed by atoms with Gasteiger partial charge in [-0.2, -0.15) is 5.10 Å². The van der Waals surface area contributed by atoms with E-state index in [4.69, 9.17) is 5.73 Å². The van der Waals surface area contributed by atoms with Crippen molar-refractivity contribution in [1.82, 2.24) is 19.7 Å². The maximum Gasteiger partial charge on any atom is 0.191 e. The molecule has 6 nitrogen and oxygen atoms in total. The molecule has 0 radical (unpaired) electrons. The van der Waals surface area contributed by atoms with Gasteiger partial charge in [-0.15, -0.1) is 24.0 Å². The average molecular weight is 426 g/mol. The van der Waals surface area contributed by atoms with Crippen molar-refractivity contribution in [3.05, 3.63) is 42.5 Å². The summed E-state index contributed by atoms with van der Waals surface area (Å²) in [5, 5.41) is 4.11. The molecule has 0 amide bonds. The van der Waals surface area contributed by atoms with Crippen molar-refractivity contribution in [2.24, 2.45) is 10.7 Å². The Kier molecular flexibility index (Phi) is 6.82. The van der Waals surface area contributed by atoms with Gasteiger partial charge in [-0.05, 0) is 30.5 Å². The molecule has 2 heterocycles. The maximum absolute atomic E-state index is 6.13. The fraction of sp³-hybridized carbons (Fsp3) is 0.438. The van der Waals surface area contributed by atoms with Gasteiger partial charge in [0.05, 0.1) is 12.2 Å². The predicted octanol–water partition coefficient (Wildman–Crippen LogP) is 2.58. The molecule has 1 aromatic carbocycles. The number of nitrogens with zero attached hydrogens (tertiary/aromatic N) is 5. The summed E-state index contributed by atoms with van der Waals surface area (Å²) in [6, 6.07) is 8.13. The summed E-state index contributed by atoms with van der Waals surface area (Å²) in [7, 11) is 0. The minimum Gasteiger partial charge on any atom is -0.370 e. The van der Waals surface area contributed by atoms with Crippen molar-refractivity contribution in [2.45, 2.75) is 32.2 Å². The lowest BCUT2D eigenvalue weighted by atomic mass is 10.2. The Morgan fingerprint density at radius 3 is 2.39 bits per heavy atom. The number of halogens is 1. The van der Waals surface area contributed by atoms with Crippen molar-refractivity contribution in [3.63, 3.8) is 0 Å². The van der Waals surface area contributed by atoms with Crippen molar-refractivity contribution in [2.75, 3.05) is 13.1 Å². The molecule has 23 heavy (non-hydrogen) atoms. The number of hydrogen-bond acceptors (Lipinski definition) is 3. The number of aromatic nitrogens is 3. The lowest BCUT2D eigenvalue weighted by Gasteiger charge is -2.21. The largest absolute Gasteiger partial charge is 0.370 e. The Bertz CT molecular complexity index is 600. The Hall–Kier alpha value is -1.64.